The highest BCUT2D eigenvalue weighted by molar-refractivity contribution is 5.83. The summed E-state index contributed by atoms with van der Waals surface area (Å²) in [5, 5.41) is 8.47. The summed E-state index contributed by atoms with van der Waals surface area (Å²) in [7, 11) is 0. The number of hydrogen-bond acceptors (Lipinski definition) is 5. The summed E-state index contributed by atoms with van der Waals surface area (Å²) >= 11 is 0. The summed E-state index contributed by atoms with van der Waals surface area (Å²) in [5.74, 6) is 0.835. The number of nitrogens with zero attached hydrogens (tertiary/aromatic N) is 6. The van der Waals surface area contributed by atoms with Crippen molar-refractivity contribution in [1.82, 2.24) is 25.0 Å². The van der Waals surface area contributed by atoms with E-state index in [0.29, 0.717) is 0 Å². The van der Waals surface area contributed by atoms with Crippen molar-refractivity contribution in [2.75, 3.05) is 18.0 Å². The molecule has 0 aliphatic rings. The van der Waals surface area contributed by atoms with Crippen molar-refractivity contribution in [3.05, 3.63) is 36.7 Å². The number of para-hydroxylation sites is 1. The quantitative estimate of drug-likeness (QED) is 0.725. The third kappa shape index (κ3) is 1.99. The Morgan fingerprint density at radius 2 is 1.80 bits per heavy atom. The van der Waals surface area contributed by atoms with E-state index < -0.39 is 0 Å². The highest BCUT2D eigenvalue weighted by Gasteiger charge is 2.15. The van der Waals surface area contributed by atoms with Gasteiger partial charge in [0.25, 0.3) is 0 Å². The first-order valence-corrected chi connectivity index (χ1v) is 6.72. The molecular weight excluding hydrogens is 252 g/mol. The molecule has 0 saturated heterocycles. The van der Waals surface area contributed by atoms with Crippen LogP contribution in [0, 0.1) is 0 Å². The van der Waals surface area contributed by atoms with Gasteiger partial charge in [-0.3, -0.25) is 0 Å². The van der Waals surface area contributed by atoms with Crippen LogP contribution in [0.15, 0.2) is 36.7 Å². The molecule has 0 fully saturated rings. The van der Waals surface area contributed by atoms with Crippen LogP contribution in [0.25, 0.3) is 16.9 Å². The van der Waals surface area contributed by atoms with Gasteiger partial charge in [-0.1, -0.05) is 23.4 Å². The van der Waals surface area contributed by atoms with Crippen LogP contribution in [-0.4, -0.2) is 38.1 Å². The number of hydrogen-bond donors (Lipinski definition) is 0. The largest absolute Gasteiger partial charge is 0.355 e. The maximum atomic E-state index is 4.35. The summed E-state index contributed by atoms with van der Waals surface area (Å²) in [4.78, 5) is 10.8. The first-order chi connectivity index (χ1) is 9.85. The van der Waals surface area contributed by atoms with Crippen molar-refractivity contribution in [3.63, 3.8) is 0 Å². The zero-order valence-corrected chi connectivity index (χ0v) is 11.6. The standard InChI is InChI=1S/C14H16N6/c1-3-19(4-2)13-12-14(16-10-15-13)20(18-17-12)11-8-6-5-7-9-11/h5-10H,3-4H2,1-2H3. The molecule has 3 aromatic rings. The lowest BCUT2D eigenvalue weighted by molar-refractivity contribution is 0.816. The molecule has 0 aliphatic carbocycles. The third-order valence-corrected chi connectivity index (χ3v) is 3.28. The lowest BCUT2D eigenvalue weighted by Crippen LogP contribution is -2.23. The molecule has 1 aromatic carbocycles. The summed E-state index contributed by atoms with van der Waals surface area (Å²) in [6.45, 7) is 5.94. The van der Waals surface area contributed by atoms with Gasteiger partial charge in [0.1, 0.15) is 6.33 Å². The molecule has 6 nitrogen and oxygen atoms in total. The fraction of sp³-hybridized carbons (Fsp3) is 0.286. The molecule has 0 unspecified atom stereocenters. The lowest BCUT2D eigenvalue weighted by atomic mass is 10.3. The Bertz CT molecular complexity index is 702. The van der Waals surface area contributed by atoms with Crippen molar-refractivity contribution in [1.29, 1.82) is 0 Å². The first-order valence-electron chi connectivity index (χ1n) is 6.72. The smallest absolute Gasteiger partial charge is 0.189 e. The topological polar surface area (TPSA) is 59.7 Å². The Morgan fingerprint density at radius 3 is 2.50 bits per heavy atom. The third-order valence-electron chi connectivity index (χ3n) is 3.28. The molecule has 102 valence electrons. The van der Waals surface area contributed by atoms with E-state index in [1.54, 1.807) is 11.0 Å². The maximum absolute atomic E-state index is 4.35. The van der Waals surface area contributed by atoms with Crippen molar-refractivity contribution < 1.29 is 0 Å². The van der Waals surface area contributed by atoms with Gasteiger partial charge in [0.05, 0.1) is 5.69 Å². The van der Waals surface area contributed by atoms with E-state index in [2.05, 4.69) is 39.0 Å². The molecule has 0 amide bonds. The summed E-state index contributed by atoms with van der Waals surface area (Å²) < 4.78 is 1.74. The average Bonchev–Trinajstić information content (AvgIpc) is 2.94. The molecule has 0 N–H and O–H groups in total. The molecule has 0 bridgehead atoms. The second-order valence-corrected chi connectivity index (χ2v) is 4.38. The minimum Gasteiger partial charge on any atom is -0.355 e. The van der Waals surface area contributed by atoms with Crippen LogP contribution in [0.4, 0.5) is 5.82 Å². The van der Waals surface area contributed by atoms with E-state index in [4.69, 9.17) is 0 Å². The van der Waals surface area contributed by atoms with Crippen LogP contribution in [-0.2, 0) is 0 Å². The SMILES string of the molecule is CCN(CC)c1ncnc2c1nnn2-c1ccccc1. The molecule has 20 heavy (non-hydrogen) atoms. The van der Waals surface area contributed by atoms with Crippen LogP contribution in [0.3, 0.4) is 0 Å². The summed E-state index contributed by atoms with van der Waals surface area (Å²) in [6.07, 6.45) is 1.57. The molecular formula is C14H16N6. The van der Waals surface area contributed by atoms with E-state index in [0.717, 1.165) is 35.8 Å². The lowest BCUT2D eigenvalue weighted by Gasteiger charge is -2.19. The van der Waals surface area contributed by atoms with Crippen LogP contribution >= 0.6 is 0 Å². The van der Waals surface area contributed by atoms with Gasteiger partial charge < -0.3 is 4.90 Å². The number of fused-ring (bicyclic) bond motifs is 1. The van der Waals surface area contributed by atoms with Gasteiger partial charge in [-0.2, -0.15) is 4.68 Å². The number of aromatic nitrogens is 5. The second kappa shape index (κ2) is 5.24. The minimum atomic E-state index is 0.730. The van der Waals surface area contributed by atoms with Gasteiger partial charge in [0, 0.05) is 13.1 Å². The minimum absolute atomic E-state index is 0.730. The van der Waals surface area contributed by atoms with E-state index in [9.17, 15) is 0 Å². The van der Waals surface area contributed by atoms with E-state index in [1.807, 2.05) is 30.3 Å². The maximum Gasteiger partial charge on any atom is 0.189 e. The van der Waals surface area contributed by atoms with Gasteiger partial charge in [0.15, 0.2) is 17.0 Å². The highest BCUT2D eigenvalue weighted by Crippen LogP contribution is 2.21. The Hall–Kier alpha value is -2.50. The number of rotatable bonds is 4. The van der Waals surface area contributed by atoms with Crippen LogP contribution in [0.2, 0.25) is 0 Å². The second-order valence-electron chi connectivity index (χ2n) is 4.38. The molecule has 2 heterocycles. The Balaban J connectivity index is 2.17. The van der Waals surface area contributed by atoms with Crippen molar-refractivity contribution in [2.45, 2.75) is 13.8 Å². The molecule has 6 heteroatoms. The molecule has 0 radical (unpaired) electrons. The molecule has 0 atom stereocenters. The van der Waals surface area contributed by atoms with Gasteiger partial charge in [0.2, 0.25) is 0 Å². The predicted molar refractivity (Wildman–Crippen MR) is 78.0 cm³/mol. The number of anilines is 1. The van der Waals surface area contributed by atoms with Gasteiger partial charge in [-0.05, 0) is 26.0 Å². The summed E-state index contributed by atoms with van der Waals surface area (Å²) in [6, 6.07) is 9.87. The van der Waals surface area contributed by atoms with Crippen LogP contribution < -0.4 is 4.90 Å². The van der Waals surface area contributed by atoms with Gasteiger partial charge in [-0.15, -0.1) is 5.10 Å². The predicted octanol–water partition coefficient (Wildman–Crippen LogP) is 2.06. The Morgan fingerprint density at radius 1 is 1.05 bits per heavy atom. The average molecular weight is 268 g/mol. The fourth-order valence-corrected chi connectivity index (χ4v) is 2.23. The van der Waals surface area contributed by atoms with Gasteiger partial charge in [-0.25, -0.2) is 9.97 Å². The van der Waals surface area contributed by atoms with E-state index in [1.165, 1.54) is 0 Å². The van der Waals surface area contributed by atoms with Gasteiger partial charge >= 0.3 is 0 Å². The molecule has 3 rings (SSSR count). The van der Waals surface area contributed by atoms with Crippen LogP contribution in [0.1, 0.15) is 13.8 Å². The zero-order valence-electron chi connectivity index (χ0n) is 11.6. The summed E-state index contributed by atoms with van der Waals surface area (Å²) in [5.41, 5.74) is 2.41. The fourth-order valence-electron chi connectivity index (χ4n) is 2.23. The Kier molecular flexibility index (Phi) is 3.28. The van der Waals surface area contributed by atoms with Crippen molar-refractivity contribution in [2.24, 2.45) is 0 Å². The monoisotopic (exact) mass is 268 g/mol. The van der Waals surface area contributed by atoms with Crippen molar-refractivity contribution >= 4 is 17.0 Å². The molecule has 2 aromatic heterocycles. The molecule has 0 spiro atoms. The molecule has 0 saturated carbocycles. The highest BCUT2D eigenvalue weighted by atomic mass is 15.5. The first kappa shape index (κ1) is 12.5. The number of benzene rings is 1. The van der Waals surface area contributed by atoms with Crippen molar-refractivity contribution in [3.8, 4) is 5.69 Å². The molecule has 0 aliphatic heterocycles. The van der Waals surface area contributed by atoms with E-state index in [-0.39, 0.29) is 0 Å². The van der Waals surface area contributed by atoms with E-state index >= 15 is 0 Å². The Labute approximate surface area is 117 Å². The van der Waals surface area contributed by atoms with Crippen LogP contribution in [0.5, 0.6) is 0 Å². The normalized spacial score (nSPS) is 10.9. The zero-order chi connectivity index (χ0) is 13.9.